The molecule has 2 atom stereocenters. The minimum atomic E-state index is -0.271. The number of benzene rings is 1. The van der Waals surface area contributed by atoms with Gasteiger partial charge in [-0.1, -0.05) is 43.9 Å². The molecule has 1 nitrogen and oxygen atoms in total. The molecule has 1 aromatic rings. The summed E-state index contributed by atoms with van der Waals surface area (Å²) in [5.74, 6) is 0.505. The number of halogens is 2. The summed E-state index contributed by atoms with van der Waals surface area (Å²) in [6, 6.07) is 5.22. The Kier molecular flexibility index (Phi) is 5.02. The Morgan fingerprint density at radius 2 is 2.11 bits per heavy atom. The molecule has 0 radical (unpaired) electrons. The highest BCUT2D eigenvalue weighted by atomic mass is 35.5. The summed E-state index contributed by atoms with van der Waals surface area (Å²) in [5.41, 5.74) is 0.985. The van der Waals surface area contributed by atoms with Gasteiger partial charge in [0, 0.05) is 17.6 Å². The van der Waals surface area contributed by atoms with Gasteiger partial charge in [0.05, 0.1) is 0 Å². The van der Waals surface area contributed by atoms with Crippen LogP contribution in [-0.4, -0.2) is 6.04 Å². The quantitative estimate of drug-likeness (QED) is 0.846. The topological polar surface area (TPSA) is 12.0 Å². The van der Waals surface area contributed by atoms with Gasteiger partial charge in [-0.2, -0.15) is 0 Å². The number of hydrogen-bond acceptors (Lipinski definition) is 1. The van der Waals surface area contributed by atoms with Gasteiger partial charge in [0.25, 0.3) is 0 Å². The molecule has 0 aromatic heterocycles. The van der Waals surface area contributed by atoms with Gasteiger partial charge in [-0.25, -0.2) is 4.39 Å². The Bertz CT molecular complexity index is 394. The van der Waals surface area contributed by atoms with Gasteiger partial charge in [-0.05, 0) is 36.5 Å². The standard InChI is InChI=1S/C15H21ClFN/c1-2-11-5-3-4-6-15(11)18-10-12-7-8-13(17)9-14(12)16/h7-9,11,15,18H,2-6,10H2,1H3. The third-order valence-corrected chi connectivity index (χ3v) is 4.36. The summed E-state index contributed by atoms with van der Waals surface area (Å²) in [5, 5.41) is 4.11. The number of hydrogen-bond donors (Lipinski definition) is 1. The Morgan fingerprint density at radius 1 is 1.33 bits per heavy atom. The minimum Gasteiger partial charge on any atom is -0.310 e. The van der Waals surface area contributed by atoms with Crippen molar-refractivity contribution in [3.8, 4) is 0 Å². The van der Waals surface area contributed by atoms with Gasteiger partial charge in [0.15, 0.2) is 0 Å². The highest BCUT2D eigenvalue weighted by Crippen LogP contribution is 2.27. The zero-order valence-electron chi connectivity index (χ0n) is 10.9. The molecule has 1 N–H and O–H groups in total. The van der Waals surface area contributed by atoms with Crippen LogP contribution in [0, 0.1) is 11.7 Å². The van der Waals surface area contributed by atoms with Gasteiger partial charge in [0.2, 0.25) is 0 Å². The molecule has 0 amide bonds. The van der Waals surface area contributed by atoms with Crippen LogP contribution >= 0.6 is 11.6 Å². The second kappa shape index (κ2) is 6.53. The first kappa shape index (κ1) is 13.8. The van der Waals surface area contributed by atoms with Crippen LogP contribution < -0.4 is 5.32 Å². The van der Waals surface area contributed by atoms with Crippen LogP contribution in [-0.2, 0) is 6.54 Å². The second-order valence-electron chi connectivity index (χ2n) is 5.18. The zero-order chi connectivity index (χ0) is 13.0. The van der Waals surface area contributed by atoms with Crippen molar-refractivity contribution >= 4 is 11.6 Å². The summed E-state index contributed by atoms with van der Waals surface area (Å²) in [6.45, 7) is 3.00. The molecule has 0 saturated heterocycles. The number of nitrogens with one attached hydrogen (secondary N) is 1. The molecule has 0 heterocycles. The van der Waals surface area contributed by atoms with Crippen LogP contribution in [0.2, 0.25) is 5.02 Å². The fourth-order valence-electron chi connectivity index (χ4n) is 2.87. The van der Waals surface area contributed by atoms with Crippen molar-refractivity contribution in [3.63, 3.8) is 0 Å². The highest BCUT2D eigenvalue weighted by Gasteiger charge is 2.23. The molecule has 1 aliphatic carbocycles. The van der Waals surface area contributed by atoms with Gasteiger partial charge in [-0.15, -0.1) is 0 Å². The van der Waals surface area contributed by atoms with E-state index in [1.54, 1.807) is 6.07 Å². The highest BCUT2D eigenvalue weighted by molar-refractivity contribution is 6.31. The molecule has 0 spiro atoms. The summed E-state index contributed by atoms with van der Waals surface area (Å²) >= 11 is 6.04. The van der Waals surface area contributed by atoms with Crippen LogP contribution in [0.4, 0.5) is 4.39 Å². The van der Waals surface area contributed by atoms with Gasteiger partial charge < -0.3 is 5.32 Å². The maximum atomic E-state index is 13.0. The first-order valence-corrected chi connectivity index (χ1v) is 7.25. The van der Waals surface area contributed by atoms with Crippen molar-refractivity contribution in [2.45, 2.75) is 51.6 Å². The molecule has 0 aliphatic heterocycles. The molecule has 0 bridgehead atoms. The molecule has 1 fully saturated rings. The van der Waals surface area contributed by atoms with E-state index in [-0.39, 0.29) is 5.82 Å². The molecule has 1 aliphatic rings. The van der Waals surface area contributed by atoms with Crippen molar-refractivity contribution in [2.24, 2.45) is 5.92 Å². The maximum absolute atomic E-state index is 13.0. The normalized spacial score (nSPS) is 24.2. The van der Waals surface area contributed by atoms with E-state index in [1.165, 1.54) is 44.2 Å². The minimum absolute atomic E-state index is 0.271. The predicted octanol–water partition coefficient (Wildman–Crippen LogP) is 4.54. The summed E-state index contributed by atoms with van der Waals surface area (Å²) in [6.07, 6.45) is 6.47. The van der Waals surface area contributed by atoms with E-state index < -0.39 is 0 Å². The summed E-state index contributed by atoms with van der Waals surface area (Å²) in [4.78, 5) is 0. The summed E-state index contributed by atoms with van der Waals surface area (Å²) < 4.78 is 13.0. The lowest BCUT2D eigenvalue weighted by molar-refractivity contribution is 0.254. The maximum Gasteiger partial charge on any atom is 0.124 e. The van der Waals surface area contributed by atoms with Gasteiger partial charge >= 0.3 is 0 Å². The van der Waals surface area contributed by atoms with E-state index in [0.717, 1.165) is 18.0 Å². The lowest BCUT2D eigenvalue weighted by Crippen LogP contribution is -2.37. The van der Waals surface area contributed by atoms with Gasteiger partial charge in [0.1, 0.15) is 5.82 Å². The molecule has 1 saturated carbocycles. The van der Waals surface area contributed by atoms with Crippen molar-refractivity contribution in [1.82, 2.24) is 5.32 Å². The van der Waals surface area contributed by atoms with E-state index in [4.69, 9.17) is 11.6 Å². The average molecular weight is 270 g/mol. The third-order valence-electron chi connectivity index (χ3n) is 4.00. The summed E-state index contributed by atoms with van der Waals surface area (Å²) in [7, 11) is 0. The van der Waals surface area contributed by atoms with Crippen LogP contribution in [0.5, 0.6) is 0 Å². The fourth-order valence-corrected chi connectivity index (χ4v) is 3.11. The van der Waals surface area contributed by atoms with E-state index in [1.807, 2.05) is 0 Å². The first-order valence-electron chi connectivity index (χ1n) is 6.88. The lowest BCUT2D eigenvalue weighted by Gasteiger charge is -2.31. The second-order valence-corrected chi connectivity index (χ2v) is 5.58. The molecule has 1 aromatic carbocycles. The Morgan fingerprint density at radius 3 is 2.83 bits per heavy atom. The lowest BCUT2D eigenvalue weighted by atomic mass is 9.83. The van der Waals surface area contributed by atoms with Crippen LogP contribution in [0.15, 0.2) is 18.2 Å². The van der Waals surface area contributed by atoms with E-state index in [0.29, 0.717) is 11.1 Å². The monoisotopic (exact) mass is 269 g/mol. The fraction of sp³-hybridized carbons (Fsp3) is 0.600. The molecule has 100 valence electrons. The van der Waals surface area contributed by atoms with Crippen molar-refractivity contribution < 1.29 is 4.39 Å². The van der Waals surface area contributed by atoms with Crippen LogP contribution in [0.3, 0.4) is 0 Å². The van der Waals surface area contributed by atoms with E-state index in [9.17, 15) is 4.39 Å². The van der Waals surface area contributed by atoms with Crippen LogP contribution in [0.25, 0.3) is 0 Å². The van der Waals surface area contributed by atoms with E-state index >= 15 is 0 Å². The molecule has 2 unspecified atom stereocenters. The van der Waals surface area contributed by atoms with E-state index in [2.05, 4.69) is 12.2 Å². The third kappa shape index (κ3) is 3.46. The van der Waals surface area contributed by atoms with Crippen molar-refractivity contribution in [1.29, 1.82) is 0 Å². The van der Waals surface area contributed by atoms with Crippen molar-refractivity contribution in [3.05, 3.63) is 34.6 Å². The molecule has 3 heteroatoms. The van der Waals surface area contributed by atoms with Crippen molar-refractivity contribution in [2.75, 3.05) is 0 Å². The smallest absolute Gasteiger partial charge is 0.124 e. The molecule has 2 rings (SSSR count). The van der Waals surface area contributed by atoms with Crippen LogP contribution in [0.1, 0.15) is 44.6 Å². The SMILES string of the molecule is CCC1CCCCC1NCc1ccc(F)cc1Cl. The zero-order valence-corrected chi connectivity index (χ0v) is 11.6. The Balaban J connectivity index is 1.93. The van der Waals surface area contributed by atoms with Gasteiger partial charge in [-0.3, -0.25) is 0 Å². The predicted molar refractivity (Wildman–Crippen MR) is 74.3 cm³/mol. The number of rotatable bonds is 4. The molecular formula is C15H21ClFN. The molecular weight excluding hydrogens is 249 g/mol. The molecule has 18 heavy (non-hydrogen) atoms. The Hall–Kier alpha value is -0.600. The Labute approximate surface area is 114 Å². The largest absolute Gasteiger partial charge is 0.310 e. The average Bonchev–Trinajstić information content (AvgIpc) is 2.38. The first-order chi connectivity index (χ1) is 8.70.